The quantitative estimate of drug-likeness (QED) is 0.371. The van der Waals surface area contributed by atoms with Crippen LogP contribution in [-0.4, -0.2) is 13.1 Å². The molecule has 0 bridgehead atoms. The predicted octanol–water partition coefficient (Wildman–Crippen LogP) is 0.760. The summed E-state index contributed by atoms with van der Waals surface area (Å²) >= 11 is 5.56. The molecule has 1 heterocycles. The third-order valence-corrected chi connectivity index (χ3v) is 1.51. The van der Waals surface area contributed by atoms with E-state index in [-0.39, 0.29) is 5.69 Å². The van der Waals surface area contributed by atoms with Gasteiger partial charge in [0.1, 0.15) is 0 Å². The first-order valence-electron chi connectivity index (χ1n) is 3.12. The van der Waals surface area contributed by atoms with Gasteiger partial charge in [-0.1, -0.05) is 11.6 Å². The van der Waals surface area contributed by atoms with Crippen LogP contribution in [0.4, 0.5) is 0 Å². The van der Waals surface area contributed by atoms with E-state index < -0.39 is 5.97 Å². The molecule has 0 amide bonds. The third kappa shape index (κ3) is 1.65. The first kappa shape index (κ1) is 8.80. The Morgan fingerprint density at radius 3 is 3.00 bits per heavy atom. The Kier molecular flexibility index (Phi) is 2.50. The topological polar surface area (TPSA) is 53.2 Å². The second-order valence-corrected chi connectivity index (χ2v) is 2.48. The van der Waals surface area contributed by atoms with Crippen molar-refractivity contribution in [3.63, 3.8) is 0 Å². The van der Waals surface area contributed by atoms with Gasteiger partial charge in [-0.2, -0.15) is 4.73 Å². The van der Waals surface area contributed by atoms with Gasteiger partial charge in [0.25, 0.3) is 0 Å². The summed E-state index contributed by atoms with van der Waals surface area (Å²) in [5.41, 5.74) is -0.120. The Balaban J connectivity index is 3.13. The van der Waals surface area contributed by atoms with Crippen LogP contribution in [0.15, 0.2) is 18.3 Å². The average Bonchev–Trinajstić information content (AvgIpc) is 2.08. The molecule has 0 saturated carbocycles. The van der Waals surface area contributed by atoms with Crippen LogP contribution in [0, 0.1) is 5.21 Å². The van der Waals surface area contributed by atoms with E-state index in [4.69, 9.17) is 11.6 Å². The molecule has 0 spiro atoms. The van der Waals surface area contributed by atoms with Crippen LogP contribution in [0.3, 0.4) is 0 Å². The fraction of sp³-hybridized carbons (Fsp3) is 0.143. The highest BCUT2D eigenvalue weighted by molar-refractivity contribution is 6.30. The molecule has 0 aliphatic heterocycles. The third-order valence-electron chi connectivity index (χ3n) is 1.28. The summed E-state index contributed by atoms with van der Waals surface area (Å²) in [6.07, 6.45) is 1.15. The van der Waals surface area contributed by atoms with Crippen molar-refractivity contribution in [3.8, 4) is 0 Å². The molecule has 64 valence electrons. The lowest BCUT2D eigenvalue weighted by Gasteiger charge is -2.01. The number of esters is 1. The second kappa shape index (κ2) is 3.40. The molecule has 1 aromatic rings. The van der Waals surface area contributed by atoms with Gasteiger partial charge in [-0.3, -0.25) is 0 Å². The van der Waals surface area contributed by atoms with Gasteiger partial charge in [0.2, 0.25) is 0 Å². The summed E-state index contributed by atoms with van der Waals surface area (Å²) in [5, 5.41) is 11.3. The minimum absolute atomic E-state index is 0.120. The number of aromatic nitrogens is 1. The van der Waals surface area contributed by atoms with E-state index in [0.717, 1.165) is 6.20 Å². The summed E-state index contributed by atoms with van der Waals surface area (Å²) < 4.78 is 4.75. The summed E-state index contributed by atoms with van der Waals surface area (Å²) in [7, 11) is 1.20. The van der Waals surface area contributed by atoms with Crippen LogP contribution in [-0.2, 0) is 4.74 Å². The van der Waals surface area contributed by atoms with Gasteiger partial charge in [-0.15, -0.1) is 0 Å². The molecule has 0 saturated heterocycles. The molecule has 4 nitrogen and oxygen atoms in total. The number of methoxy groups -OCH3 is 1. The summed E-state index contributed by atoms with van der Waals surface area (Å²) in [6.45, 7) is 0. The molecule has 1 aromatic heterocycles. The maximum atomic E-state index is 10.9. The fourth-order valence-corrected chi connectivity index (χ4v) is 0.875. The van der Waals surface area contributed by atoms with Gasteiger partial charge in [-0.05, 0) is 0 Å². The summed E-state index contributed by atoms with van der Waals surface area (Å²) in [6, 6.07) is 2.64. The first-order valence-corrected chi connectivity index (χ1v) is 3.50. The number of halogens is 1. The van der Waals surface area contributed by atoms with E-state index in [1.165, 1.54) is 19.2 Å². The van der Waals surface area contributed by atoms with Crippen molar-refractivity contribution in [2.75, 3.05) is 7.11 Å². The maximum absolute atomic E-state index is 10.9. The van der Waals surface area contributed by atoms with Crippen LogP contribution in [0.2, 0.25) is 5.02 Å². The smallest absolute Gasteiger partial charge is 0.404 e. The van der Waals surface area contributed by atoms with Gasteiger partial charge in [0, 0.05) is 12.1 Å². The van der Waals surface area contributed by atoms with Crippen LogP contribution in [0.25, 0.3) is 0 Å². The van der Waals surface area contributed by atoms with Crippen LogP contribution in [0.5, 0.6) is 0 Å². The van der Waals surface area contributed by atoms with Crippen LogP contribution >= 0.6 is 11.6 Å². The molecular weight excluding hydrogens is 182 g/mol. The number of hydrogen-bond donors (Lipinski definition) is 0. The number of hydrogen-bond acceptors (Lipinski definition) is 3. The lowest BCUT2D eigenvalue weighted by Crippen LogP contribution is -2.34. The highest BCUT2D eigenvalue weighted by Gasteiger charge is 2.16. The maximum Gasteiger partial charge on any atom is 0.404 e. The number of pyridine rings is 1. The molecule has 0 aliphatic carbocycles. The van der Waals surface area contributed by atoms with Gasteiger partial charge in [0.05, 0.1) is 12.1 Å². The minimum Gasteiger partial charge on any atom is -0.618 e. The Morgan fingerprint density at radius 2 is 2.42 bits per heavy atom. The van der Waals surface area contributed by atoms with E-state index in [9.17, 15) is 10.0 Å². The number of carbonyl (C=O) groups excluding carboxylic acids is 1. The lowest BCUT2D eigenvalue weighted by atomic mass is 10.3. The van der Waals surface area contributed by atoms with Crippen molar-refractivity contribution in [2.45, 2.75) is 0 Å². The highest BCUT2D eigenvalue weighted by atomic mass is 35.5. The van der Waals surface area contributed by atoms with E-state index in [0.29, 0.717) is 9.75 Å². The van der Waals surface area contributed by atoms with Gasteiger partial charge >= 0.3 is 11.7 Å². The Hall–Kier alpha value is -1.29. The van der Waals surface area contributed by atoms with Crippen molar-refractivity contribution in [1.29, 1.82) is 0 Å². The molecule has 1 rings (SSSR count). The fourth-order valence-electron chi connectivity index (χ4n) is 0.715. The Bertz CT molecular complexity index is 314. The SMILES string of the molecule is COC(=O)c1cc(Cl)cc[n+]1[O-]. The molecule has 5 heteroatoms. The Labute approximate surface area is 73.9 Å². The normalized spacial score (nSPS) is 9.50. The van der Waals surface area contributed by atoms with Crippen molar-refractivity contribution >= 4 is 17.6 Å². The predicted molar refractivity (Wildman–Crippen MR) is 41.8 cm³/mol. The number of carbonyl (C=O) groups is 1. The summed E-state index contributed by atoms with van der Waals surface area (Å²) in [5.74, 6) is -0.701. The molecule has 0 N–H and O–H groups in total. The largest absolute Gasteiger partial charge is 0.618 e. The number of nitrogens with zero attached hydrogens (tertiary/aromatic N) is 1. The van der Waals surface area contributed by atoms with Gasteiger partial charge < -0.3 is 9.94 Å². The van der Waals surface area contributed by atoms with Crippen LogP contribution in [0.1, 0.15) is 10.5 Å². The molecule has 12 heavy (non-hydrogen) atoms. The van der Waals surface area contributed by atoms with Crippen molar-refractivity contribution < 1.29 is 14.3 Å². The van der Waals surface area contributed by atoms with E-state index >= 15 is 0 Å². The average molecular weight is 188 g/mol. The molecule has 0 aliphatic rings. The zero-order valence-electron chi connectivity index (χ0n) is 6.28. The van der Waals surface area contributed by atoms with E-state index in [2.05, 4.69) is 4.74 Å². The van der Waals surface area contributed by atoms with Gasteiger partial charge in [-0.25, -0.2) is 4.79 Å². The monoisotopic (exact) mass is 187 g/mol. The first-order chi connectivity index (χ1) is 5.65. The standard InChI is InChI=1S/C7H6ClNO3/c1-12-7(10)6-4-5(8)2-3-9(6)11/h2-4H,1H3. The molecule has 0 atom stereocenters. The zero-order chi connectivity index (χ0) is 9.14. The molecule has 0 radical (unpaired) electrons. The highest BCUT2D eigenvalue weighted by Crippen LogP contribution is 2.07. The number of rotatable bonds is 1. The number of ether oxygens (including phenoxy) is 1. The van der Waals surface area contributed by atoms with Crippen LogP contribution < -0.4 is 4.73 Å². The lowest BCUT2D eigenvalue weighted by molar-refractivity contribution is -0.608. The minimum atomic E-state index is -0.701. The Morgan fingerprint density at radius 1 is 1.75 bits per heavy atom. The van der Waals surface area contributed by atoms with E-state index in [1.54, 1.807) is 0 Å². The van der Waals surface area contributed by atoms with E-state index in [1.807, 2.05) is 0 Å². The molecule has 0 aromatic carbocycles. The van der Waals surface area contributed by atoms with Gasteiger partial charge in [0.15, 0.2) is 6.20 Å². The molecule has 0 fully saturated rings. The molecular formula is C7H6ClNO3. The second-order valence-electron chi connectivity index (χ2n) is 2.05. The van der Waals surface area contributed by atoms with Crippen molar-refractivity contribution in [3.05, 3.63) is 34.3 Å². The van der Waals surface area contributed by atoms with Crippen molar-refractivity contribution in [1.82, 2.24) is 0 Å². The zero-order valence-corrected chi connectivity index (χ0v) is 7.04. The van der Waals surface area contributed by atoms with Crippen molar-refractivity contribution in [2.24, 2.45) is 0 Å². The molecule has 0 unspecified atom stereocenters. The summed E-state index contributed by atoms with van der Waals surface area (Å²) in [4.78, 5) is 10.9.